The van der Waals surface area contributed by atoms with E-state index in [1.54, 1.807) is 22.7 Å². The Morgan fingerprint density at radius 3 is 2.55 bits per heavy atom. The van der Waals surface area contributed by atoms with E-state index in [1.165, 1.54) is 46.7 Å². The molecule has 0 radical (unpaired) electrons. The van der Waals surface area contributed by atoms with Gasteiger partial charge in [-0.25, -0.2) is 4.98 Å². The number of hydrogen-bond donors (Lipinski definition) is 1. The molecule has 3 aromatic heterocycles. The number of fused-ring (bicyclic) bond motifs is 1. The highest BCUT2D eigenvalue weighted by molar-refractivity contribution is 7.13. The van der Waals surface area contributed by atoms with E-state index in [1.807, 2.05) is 0 Å². The van der Waals surface area contributed by atoms with Crippen LogP contribution < -0.4 is 5.32 Å². The molecule has 1 saturated heterocycles. The highest BCUT2D eigenvalue weighted by Crippen LogP contribution is 2.26. The average molecular weight is 538 g/mol. The fourth-order valence-corrected chi connectivity index (χ4v) is 5.09. The number of likely N-dealkylation sites (tertiary alicyclic amines) is 1. The minimum absolute atomic E-state index is 0.0910. The molecule has 1 unspecified atom stereocenters. The van der Waals surface area contributed by atoms with Crippen molar-refractivity contribution in [2.75, 3.05) is 18.4 Å². The van der Waals surface area contributed by atoms with Gasteiger partial charge in [-0.05, 0) is 25.0 Å². The van der Waals surface area contributed by atoms with Gasteiger partial charge in [-0.3, -0.25) is 34.5 Å². The number of piperidine rings is 1. The van der Waals surface area contributed by atoms with E-state index in [0.29, 0.717) is 42.5 Å². The lowest BCUT2D eigenvalue weighted by molar-refractivity contribution is -0.402. The van der Waals surface area contributed by atoms with Crippen molar-refractivity contribution in [2.45, 2.75) is 31.8 Å². The number of nitrogens with zero attached hydrogens (tertiary/aromatic N) is 6. The Morgan fingerprint density at radius 2 is 1.87 bits per heavy atom. The van der Waals surface area contributed by atoms with Crippen molar-refractivity contribution in [3.63, 3.8) is 0 Å². The van der Waals surface area contributed by atoms with Crippen LogP contribution in [0.25, 0.3) is 6.08 Å². The minimum atomic E-state index is -0.803. The summed E-state index contributed by atoms with van der Waals surface area (Å²) in [6.07, 6.45) is 8.45. The van der Waals surface area contributed by atoms with Crippen LogP contribution in [0.4, 0.5) is 11.0 Å². The summed E-state index contributed by atoms with van der Waals surface area (Å²) >= 11 is 1.34. The van der Waals surface area contributed by atoms with E-state index in [-0.39, 0.29) is 36.5 Å². The van der Waals surface area contributed by atoms with E-state index < -0.39 is 22.8 Å². The molecule has 1 N–H and O–H groups in total. The van der Waals surface area contributed by atoms with E-state index in [0.717, 1.165) is 0 Å². The SMILES string of the molecule is O=C(Nc1nccs1)C1CCN(C(=O)C2Cc3nccnc3CN2C(=O)/C=C/c2ccc([N+](=O)[O-])o2)CC1. The third-order valence-electron chi connectivity index (χ3n) is 6.53. The summed E-state index contributed by atoms with van der Waals surface area (Å²) in [6, 6.07) is 1.78. The molecular weight excluding hydrogens is 514 g/mol. The molecule has 0 aliphatic carbocycles. The highest BCUT2D eigenvalue weighted by Gasteiger charge is 2.39. The van der Waals surface area contributed by atoms with E-state index in [9.17, 15) is 24.5 Å². The molecule has 2 aliphatic rings. The van der Waals surface area contributed by atoms with Crippen molar-refractivity contribution in [1.82, 2.24) is 24.8 Å². The van der Waals surface area contributed by atoms with Crippen LogP contribution in [-0.4, -0.2) is 66.5 Å². The average Bonchev–Trinajstić information content (AvgIpc) is 3.63. The molecule has 13 nitrogen and oxygen atoms in total. The molecule has 1 fully saturated rings. The summed E-state index contributed by atoms with van der Waals surface area (Å²) < 4.78 is 5.08. The zero-order valence-corrected chi connectivity index (χ0v) is 20.9. The van der Waals surface area contributed by atoms with Crippen molar-refractivity contribution in [3.8, 4) is 0 Å². The van der Waals surface area contributed by atoms with E-state index in [2.05, 4.69) is 20.3 Å². The summed E-state index contributed by atoms with van der Waals surface area (Å²) in [4.78, 5) is 65.4. The first-order valence-corrected chi connectivity index (χ1v) is 12.8. The summed E-state index contributed by atoms with van der Waals surface area (Å²) in [5.74, 6) is -1.33. The molecule has 0 aromatic carbocycles. The van der Waals surface area contributed by atoms with Gasteiger partial charge in [0.25, 0.3) is 0 Å². The molecule has 196 valence electrons. The molecule has 0 bridgehead atoms. The Bertz CT molecular complexity index is 1380. The Hall–Kier alpha value is -4.46. The quantitative estimate of drug-likeness (QED) is 0.282. The predicted molar refractivity (Wildman–Crippen MR) is 135 cm³/mol. The third-order valence-corrected chi connectivity index (χ3v) is 7.22. The van der Waals surface area contributed by atoms with Gasteiger partial charge in [0.1, 0.15) is 16.7 Å². The van der Waals surface area contributed by atoms with E-state index in [4.69, 9.17) is 4.42 Å². The number of carbonyl (C=O) groups is 3. The van der Waals surface area contributed by atoms with Crippen LogP contribution in [0.2, 0.25) is 0 Å². The van der Waals surface area contributed by atoms with Crippen molar-refractivity contribution in [1.29, 1.82) is 0 Å². The molecule has 0 spiro atoms. The molecule has 1 atom stereocenters. The smallest absolute Gasteiger partial charge is 0.401 e. The van der Waals surface area contributed by atoms with Gasteiger partial charge in [0.15, 0.2) is 5.13 Å². The van der Waals surface area contributed by atoms with Crippen LogP contribution in [0.1, 0.15) is 30.0 Å². The summed E-state index contributed by atoms with van der Waals surface area (Å²) in [6.45, 7) is 0.854. The second-order valence-electron chi connectivity index (χ2n) is 8.83. The van der Waals surface area contributed by atoms with Crippen molar-refractivity contribution < 1.29 is 23.7 Å². The summed E-state index contributed by atoms with van der Waals surface area (Å²) in [5.41, 5.74) is 1.25. The first kappa shape index (κ1) is 25.2. The number of amides is 3. The van der Waals surface area contributed by atoms with Crippen LogP contribution >= 0.6 is 11.3 Å². The van der Waals surface area contributed by atoms with Gasteiger partial charge in [0.2, 0.25) is 17.7 Å². The normalized spacial score (nSPS) is 17.8. The zero-order valence-electron chi connectivity index (χ0n) is 20.1. The van der Waals surface area contributed by atoms with Crippen LogP contribution in [0.3, 0.4) is 0 Å². The zero-order chi connectivity index (χ0) is 26.6. The largest absolute Gasteiger partial charge is 0.433 e. The minimum Gasteiger partial charge on any atom is -0.401 e. The van der Waals surface area contributed by atoms with E-state index >= 15 is 0 Å². The highest BCUT2D eigenvalue weighted by atomic mass is 32.1. The number of nitro groups is 1. The fraction of sp³-hybridized carbons (Fsp3) is 0.333. The van der Waals surface area contributed by atoms with Crippen LogP contribution in [0, 0.1) is 16.0 Å². The Labute approximate surface area is 220 Å². The van der Waals surface area contributed by atoms with Crippen LogP contribution in [0.5, 0.6) is 0 Å². The maximum absolute atomic E-state index is 13.6. The first-order chi connectivity index (χ1) is 18.4. The number of furan rings is 1. The number of anilines is 1. The Balaban J connectivity index is 1.28. The first-order valence-electron chi connectivity index (χ1n) is 11.9. The molecule has 14 heteroatoms. The van der Waals surface area contributed by atoms with Gasteiger partial charge in [-0.2, -0.15) is 0 Å². The number of rotatable bonds is 6. The molecule has 3 aromatic rings. The van der Waals surface area contributed by atoms with Gasteiger partial charge < -0.3 is 19.5 Å². The molecule has 0 saturated carbocycles. The van der Waals surface area contributed by atoms with Gasteiger partial charge in [-0.1, -0.05) is 0 Å². The number of hydrogen-bond acceptors (Lipinski definition) is 10. The van der Waals surface area contributed by atoms with Crippen molar-refractivity contribution >= 4 is 46.2 Å². The maximum Gasteiger partial charge on any atom is 0.433 e. The van der Waals surface area contributed by atoms with Gasteiger partial charge in [-0.15, -0.1) is 11.3 Å². The topological polar surface area (TPSA) is 165 Å². The van der Waals surface area contributed by atoms with Crippen LogP contribution in [0.15, 0.2) is 46.6 Å². The summed E-state index contributed by atoms with van der Waals surface area (Å²) in [5, 5.41) is 16.0. The lowest BCUT2D eigenvalue weighted by Crippen LogP contribution is -2.55. The van der Waals surface area contributed by atoms with Crippen molar-refractivity contribution in [2.24, 2.45) is 5.92 Å². The lowest BCUT2D eigenvalue weighted by Gasteiger charge is -2.39. The summed E-state index contributed by atoms with van der Waals surface area (Å²) in [7, 11) is 0. The maximum atomic E-state index is 13.6. The number of nitrogens with one attached hydrogen (secondary N) is 1. The molecule has 38 heavy (non-hydrogen) atoms. The van der Waals surface area contributed by atoms with Crippen LogP contribution in [-0.2, 0) is 27.3 Å². The molecule has 3 amide bonds. The fourth-order valence-electron chi connectivity index (χ4n) is 4.56. The standard InChI is InChI=1S/C24H23N7O6S/c32-20(3-1-16-2-4-21(37-16)31(35)36)30-14-18-17(25-7-8-26-18)13-19(30)23(34)29-10-5-15(6-11-29)22(33)28-24-27-9-12-38-24/h1-4,7-9,12,15,19H,5-6,10-11,13-14H2,(H,27,28,33)/b3-1+. The Morgan fingerprint density at radius 1 is 1.11 bits per heavy atom. The number of carbonyl (C=O) groups excluding carboxylic acids is 3. The molecular formula is C24H23N7O6S. The van der Waals surface area contributed by atoms with Gasteiger partial charge in [0.05, 0.1) is 24.0 Å². The Kier molecular flexibility index (Phi) is 7.22. The van der Waals surface area contributed by atoms with Gasteiger partial charge in [0, 0.05) is 55.5 Å². The van der Waals surface area contributed by atoms with Crippen molar-refractivity contribution in [3.05, 3.63) is 69.4 Å². The molecule has 5 rings (SSSR count). The lowest BCUT2D eigenvalue weighted by atomic mass is 9.94. The van der Waals surface area contributed by atoms with Gasteiger partial charge >= 0.3 is 5.88 Å². The molecule has 5 heterocycles. The molecule has 2 aliphatic heterocycles. The number of thiazole rings is 1. The monoisotopic (exact) mass is 537 g/mol. The third kappa shape index (κ3) is 5.44. The number of aromatic nitrogens is 3. The predicted octanol–water partition coefficient (Wildman–Crippen LogP) is 2.28. The second kappa shape index (κ2) is 10.9. The second-order valence-corrected chi connectivity index (χ2v) is 9.72.